The minimum absolute atomic E-state index is 0.149. The van der Waals surface area contributed by atoms with Crippen LogP contribution in [0.15, 0.2) is 53.9 Å². The molecule has 1 heterocycles. The maximum absolute atomic E-state index is 12.3. The van der Waals surface area contributed by atoms with Gasteiger partial charge in [-0.15, -0.1) is 11.3 Å². The molecule has 1 amide bonds. The number of thiazole rings is 1. The molecule has 0 unspecified atom stereocenters. The second-order valence-electron chi connectivity index (χ2n) is 5.76. The van der Waals surface area contributed by atoms with Crippen molar-refractivity contribution in [2.24, 2.45) is 0 Å². The first-order valence-corrected chi connectivity index (χ1v) is 8.93. The van der Waals surface area contributed by atoms with E-state index in [1.165, 1.54) is 18.4 Å². The Morgan fingerprint density at radius 1 is 1.15 bits per heavy atom. The number of aromatic nitrogens is 1. The molecule has 6 heteroatoms. The molecule has 0 saturated carbocycles. The van der Waals surface area contributed by atoms with Crippen molar-refractivity contribution in [3.05, 3.63) is 70.7 Å². The number of aryl methyl sites for hydroxylation is 1. The Bertz CT molecular complexity index is 935. The summed E-state index contributed by atoms with van der Waals surface area (Å²) < 4.78 is 4.70. The third-order valence-corrected chi connectivity index (χ3v) is 4.78. The van der Waals surface area contributed by atoms with Crippen molar-refractivity contribution in [2.45, 2.75) is 13.3 Å². The fraction of sp³-hybridized carbons (Fsp3) is 0.150. The number of hydrogen-bond acceptors (Lipinski definition) is 5. The number of carbonyl (C=O) groups is 2. The number of esters is 1. The van der Waals surface area contributed by atoms with Gasteiger partial charge in [0.05, 0.1) is 24.8 Å². The summed E-state index contributed by atoms with van der Waals surface area (Å²) in [5, 5.41) is 5.66. The Morgan fingerprint density at radius 3 is 2.62 bits per heavy atom. The molecule has 0 aliphatic heterocycles. The number of nitrogens with one attached hydrogen (secondary N) is 1. The zero-order valence-electron chi connectivity index (χ0n) is 14.5. The van der Waals surface area contributed by atoms with Crippen molar-refractivity contribution in [2.75, 3.05) is 12.4 Å². The summed E-state index contributed by atoms with van der Waals surface area (Å²) in [6.07, 6.45) is 0.196. The van der Waals surface area contributed by atoms with E-state index in [4.69, 9.17) is 4.74 Å². The highest BCUT2D eigenvalue weighted by Crippen LogP contribution is 2.24. The van der Waals surface area contributed by atoms with Crippen LogP contribution < -0.4 is 5.32 Å². The number of amides is 1. The van der Waals surface area contributed by atoms with Gasteiger partial charge < -0.3 is 10.1 Å². The standard InChI is InChI=1S/C20H18N2O3S/c1-13-10-15(20(24)25-2)8-9-17(13)22-18(23)11-16-12-26-19(21-16)14-6-4-3-5-7-14/h3-10,12H,11H2,1-2H3,(H,22,23). The number of benzene rings is 2. The summed E-state index contributed by atoms with van der Waals surface area (Å²) in [5.74, 6) is -0.550. The van der Waals surface area contributed by atoms with E-state index >= 15 is 0 Å². The van der Waals surface area contributed by atoms with E-state index in [1.807, 2.05) is 42.6 Å². The molecule has 0 spiro atoms. The predicted octanol–water partition coefficient (Wildman–Crippen LogP) is 4.09. The third-order valence-electron chi connectivity index (χ3n) is 3.84. The average molecular weight is 366 g/mol. The Balaban J connectivity index is 1.66. The van der Waals surface area contributed by atoms with E-state index in [-0.39, 0.29) is 12.3 Å². The molecule has 0 fully saturated rings. The van der Waals surface area contributed by atoms with Crippen LogP contribution in [0.25, 0.3) is 10.6 Å². The molecule has 132 valence electrons. The minimum atomic E-state index is -0.401. The molecule has 0 atom stereocenters. The quantitative estimate of drug-likeness (QED) is 0.691. The summed E-state index contributed by atoms with van der Waals surface area (Å²) in [6, 6.07) is 14.9. The van der Waals surface area contributed by atoms with E-state index < -0.39 is 5.97 Å². The van der Waals surface area contributed by atoms with Gasteiger partial charge in [-0.2, -0.15) is 0 Å². The Labute approximate surface area is 155 Å². The molecule has 5 nitrogen and oxygen atoms in total. The Hall–Kier alpha value is -2.99. The summed E-state index contributed by atoms with van der Waals surface area (Å²) in [4.78, 5) is 28.4. The first kappa shape index (κ1) is 17.8. The largest absolute Gasteiger partial charge is 0.465 e. The molecule has 2 aromatic carbocycles. The van der Waals surface area contributed by atoms with Gasteiger partial charge >= 0.3 is 5.97 Å². The molecule has 3 aromatic rings. The van der Waals surface area contributed by atoms with Gasteiger partial charge in [0.1, 0.15) is 5.01 Å². The van der Waals surface area contributed by atoms with Crippen molar-refractivity contribution in [3.63, 3.8) is 0 Å². The average Bonchev–Trinajstić information content (AvgIpc) is 3.11. The molecule has 26 heavy (non-hydrogen) atoms. The molecule has 0 radical (unpaired) electrons. The first-order valence-electron chi connectivity index (χ1n) is 8.05. The molecule has 0 bridgehead atoms. The van der Waals surface area contributed by atoms with Gasteiger partial charge in [0.25, 0.3) is 0 Å². The van der Waals surface area contributed by atoms with Gasteiger partial charge in [0, 0.05) is 16.6 Å². The van der Waals surface area contributed by atoms with E-state index in [9.17, 15) is 9.59 Å². The van der Waals surface area contributed by atoms with E-state index in [2.05, 4.69) is 10.3 Å². The molecular weight excluding hydrogens is 348 g/mol. The fourth-order valence-corrected chi connectivity index (χ4v) is 3.33. The SMILES string of the molecule is COC(=O)c1ccc(NC(=O)Cc2csc(-c3ccccc3)n2)c(C)c1. The lowest BCUT2D eigenvalue weighted by Gasteiger charge is -2.09. The molecule has 0 saturated heterocycles. The van der Waals surface area contributed by atoms with Crippen molar-refractivity contribution >= 4 is 28.9 Å². The van der Waals surface area contributed by atoms with Gasteiger partial charge in [0.2, 0.25) is 5.91 Å². The van der Waals surface area contributed by atoms with Gasteiger partial charge in [-0.1, -0.05) is 30.3 Å². The summed E-state index contributed by atoms with van der Waals surface area (Å²) in [7, 11) is 1.34. The van der Waals surface area contributed by atoms with Gasteiger partial charge in [0.15, 0.2) is 0 Å². The normalized spacial score (nSPS) is 10.4. The molecule has 3 rings (SSSR count). The number of rotatable bonds is 5. The number of anilines is 1. The number of methoxy groups -OCH3 is 1. The summed E-state index contributed by atoms with van der Waals surface area (Å²) >= 11 is 1.52. The number of carbonyl (C=O) groups excluding carboxylic acids is 2. The maximum Gasteiger partial charge on any atom is 0.337 e. The van der Waals surface area contributed by atoms with Crippen LogP contribution >= 0.6 is 11.3 Å². The second kappa shape index (κ2) is 7.93. The smallest absolute Gasteiger partial charge is 0.337 e. The maximum atomic E-state index is 12.3. The van der Waals surface area contributed by atoms with Gasteiger partial charge in [-0.05, 0) is 30.7 Å². The minimum Gasteiger partial charge on any atom is -0.465 e. The van der Waals surface area contributed by atoms with Crippen LogP contribution in [0.5, 0.6) is 0 Å². The first-order chi connectivity index (χ1) is 12.6. The van der Waals surface area contributed by atoms with E-state index in [0.717, 1.165) is 21.8 Å². The van der Waals surface area contributed by atoms with Crippen LogP contribution in [0.1, 0.15) is 21.6 Å². The lowest BCUT2D eigenvalue weighted by Crippen LogP contribution is -2.15. The zero-order valence-corrected chi connectivity index (χ0v) is 15.3. The topological polar surface area (TPSA) is 68.3 Å². The summed E-state index contributed by atoms with van der Waals surface area (Å²) in [5.41, 5.74) is 3.69. The predicted molar refractivity (Wildman–Crippen MR) is 102 cm³/mol. The van der Waals surface area contributed by atoms with E-state index in [0.29, 0.717) is 11.3 Å². The molecule has 0 aliphatic carbocycles. The van der Waals surface area contributed by atoms with Gasteiger partial charge in [-0.25, -0.2) is 9.78 Å². The van der Waals surface area contributed by atoms with Crippen LogP contribution in [-0.4, -0.2) is 24.0 Å². The lowest BCUT2D eigenvalue weighted by molar-refractivity contribution is -0.115. The van der Waals surface area contributed by atoms with Gasteiger partial charge in [-0.3, -0.25) is 4.79 Å². The third kappa shape index (κ3) is 4.15. The van der Waals surface area contributed by atoms with Crippen molar-refractivity contribution in [1.29, 1.82) is 0 Å². The highest BCUT2D eigenvalue weighted by Gasteiger charge is 2.12. The molecule has 1 aromatic heterocycles. The Morgan fingerprint density at radius 2 is 1.92 bits per heavy atom. The molecular formula is C20H18N2O3S. The molecule has 1 N–H and O–H groups in total. The number of hydrogen-bond donors (Lipinski definition) is 1. The molecule has 0 aliphatic rings. The van der Waals surface area contributed by atoms with Crippen molar-refractivity contribution in [1.82, 2.24) is 4.98 Å². The highest BCUT2D eigenvalue weighted by molar-refractivity contribution is 7.13. The lowest BCUT2D eigenvalue weighted by atomic mass is 10.1. The van der Waals surface area contributed by atoms with Crippen LogP contribution in [0.3, 0.4) is 0 Å². The second-order valence-corrected chi connectivity index (χ2v) is 6.61. The summed E-state index contributed by atoms with van der Waals surface area (Å²) in [6.45, 7) is 1.83. The number of ether oxygens (including phenoxy) is 1. The van der Waals surface area contributed by atoms with Crippen LogP contribution in [0.2, 0.25) is 0 Å². The monoisotopic (exact) mass is 366 g/mol. The number of nitrogens with zero attached hydrogens (tertiary/aromatic N) is 1. The van der Waals surface area contributed by atoms with Crippen LogP contribution in [-0.2, 0) is 16.0 Å². The van der Waals surface area contributed by atoms with Crippen molar-refractivity contribution in [3.8, 4) is 10.6 Å². The van der Waals surface area contributed by atoms with Crippen molar-refractivity contribution < 1.29 is 14.3 Å². The van der Waals surface area contributed by atoms with Crippen LogP contribution in [0, 0.1) is 6.92 Å². The zero-order chi connectivity index (χ0) is 18.5. The van der Waals surface area contributed by atoms with E-state index in [1.54, 1.807) is 18.2 Å². The highest BCUT2D eigenvalue weighted by atomic mass is 32.1. The van der Waals surface area contributed by atoms with Crippen LogP contribution in [0.4, 0.5) is 5.69 Å². The Kier molecular flexibility index (Phi) is 5.43. The fourth-order valence-electron chi connectivity index (χ4n) is 2.51.